The average molecular weight is 303 g/mol. The predicted molar refractivity (Wildman–Crippen MR) is 86.1 cm³/mol. The molecule has 120 valence electrons. The number of rotatable bonds is 3. The first kappa shape index (κ1) is 15.2. The van der Waals surface area contributed by atoms with E-state index >= 15 is 0 Å². The van der Waals surface area contributed by atoms with Gasteiger partial charge in [-0.05, 0) is 25.8 Å². The van der Waals surface area contributed by atoms with Gasteiger partial charge in [0.1, 0.15) is 17.8 Å². The lowest BCUT2D eigenvalue weighted by Crippen LogP contribution is -2.46. The third kappa shape index (κ3) is 3.38. The van der Waals surface area contributed by atoms with Crippen molar-refractivity contribution in [1.29, 1.82) is 0 Å². The summed E-state index contributed by atoms with van der Waals surface area (Å²) in [6, 6.07) is 1.86. The Bertz CT molecular complexity index is 507. The molecule has 1 amide bonds. The fraction of sp³-hybridized carbons (Fsp3) is 0.688. The van der Waals surface area contributed by atoms with Gasteiger partial charge in [-0.2, -0.15) is 0 Å². The highest BCUT2D eigenvalue weighted by molar-refractivity contribution is 5.93. The van der Waals surface area contributed by atoms with Gasteiger partial charge in [-0.1, -0.05) is 6.92 Å². The number of hydrogen-bond donors (Lipinski definition) is 0. The van der Waals surface area contributed by atoms with E-state index in [1.807, 2.05) is 11.0 Å². The molecule has 1 aromatic heterocycles. The van der Waals surface area contributed by atoms with E-state index in [1.165, 1.54) is 12.7 Å². The quantitative estimate of drug-likeness (QED) is 0.841. The number of aromatic nitrogens is 2. The van der Waals surface area contributed by atoms with Gasteiger partial charge in [0.2, 0.25) is 0 Å². The molecule has 0 radical (unpaired) electrons. The second kappa shape index (κ2) is 7.05. The fourth-order valence-electron chi connectivity index (χ4n) is 3.19. The Morgan fingerprint density at radius 3 is 2.45 bits per heavy atom. The molecule has 0 aromatic carbocycles. The summed E-state index contributed by atoms with van der Waals surface area (Å²) in [6.45, 7) is 9.02. The highest BCUT2D eigenvalue weighted by Gasteiger charge is 2.22. The number of piperidine rings is 1. The van der Waals surface area contributed by atoms with Crippen LogP contribution >= 0.6 is 0 Å². The maximum Gasteiger partial charge on any atom is 0.272 e. The third-order valence-electron chi connectivity index (χ3n) is 4.66. The van der Waals surface area contributed by atoms with E-state index in [0.717, 1.165) is 64.5 Å². The molecular formula is C16H25N5O. The average Bonchev–Trinajstić information content (AvgIpc) is 2.62. The molecule has 0 spiro atoms. The van der Waals surface area contributed by atoms with E-state index in [0.29, 0.717) is 5.69 Å². The van der Waals surface area contributed by atoms with Crippen molar-refractivity contribution in [3.05, 3.63) is 18.1 Å². The zero-order chi connectivity index (χ0) is 15.4. The summed E-state index contributed by atoms with van der Waals surface area (Å²) in [7, 11) is 0. The molecule has 6 heteroatoms. The van der Waals surface area contributed by atoms with Crippen LogP contribution in [-0.2, 0) is 0 Å². The SMILES string of the molecule is CCN1CCN(c2cc(C(=O)N3CCCCC3)ncn2)CC1. The molecule has 0 bridgehead atoms. The summed E-state index contributed by atoms with van der Waals surface area (Å²) in [4.78, 5) is 27.7. The van der Waals surface area contributed by atoms with Crippen LogP contribution in [0.25, 0.3) is 0 Å². The second-order valence-electron chi connectivity index (χ2n) is 6.04. The van der Waals surface area contributed by atoms with Crippen molar-refractivity contribution in [3.8, 4) is 0 Å². The smallest absolute Gasteiger partial charge is 0.272 e. The number of carbonyl (C=O) groups excluding carboxylic acids is 1. The summed E-state index contributed by atoms with van der Waals surface area (Å²) in [5, 5.41) is 0. The van der Waals surface area contributed by atoms with Gasteiger partial charge in [0, 0.05) is 45.3 Å². The van der Waals surface area contributed by atoms with Gasteiger partial charge in [-0.15, -0.1) is 0 Å². The van der Waals surface area contributed by atoms with Crippen LogP contribution in [0, 0.1) is 0 Å². The van der Waals surface area contributed by atoms with Crippen molar-refractivity contribution in [2.45, 2.75) is 26.2 Å². The number of anilines is 1. The molecule has 3 rings (SSSR count). The van der Waals surface area contributed by atoms with Gasteiger partial charge in [-0.25, -0.2) is 9.97 Å². The Labute approximate surface area is 132 Å². The highest BCUT2D eigenvalue weighted by Crippen LogP contribution is 2.17. The van der Waals surface area contributed by atoms with Crippen LogP contribution in [0.5, 0.6) is 0 Å². The number of hydrogen-bond acceptors (Lipinski definition) is 5. The van der Waals surface area contributed by atoms with E-state index in [9.17, 15) is 4.79 Å². The van der Waals surface area contributed by atoms with Crippen molar-refractivity contribution < 1.29 is 4.79 Å². The molecule has 3 heterocycles. The molecule has 0 N–H and O–H groups in total. The lowest BCUT2D eigenvalue weighted by molar-refractivity contribution is 0.0718. The number of nitrogens with zero attached hydrogens (tertiary/aromatic N) is 5. The standard InChI is InChI=1S/C16H25N5O/c1-2-19-8-10-20(11-9-19)15-12-14(17-13-18-15)16(22)21-6-4-3-5-7-21/h12-13H,2-11H2,1H3. The maximum absolute atomic E-state index is 12.5. The summed E-state index contributed by atoms with van der Waals surface area (Å²) < 4.78 is 0. The predicted octanol–water partition coefficient (Wildman–Crippen LogP) is 1.24. The van der Waals surface area contributed by atoms with Crippen LogP contribution in [0.1, 0.15) is 36.7 Å². The van der Waals surface area contributed by atoms with E-state index < -0.39 is 0 Å². The van der Waals surface area contributed by atoms with Crippen LogP contribution < -0.4 is 4.90 Å². The molecular weight excluding hydrogens is 278 g/mol. The number of piperazine rings is 1. The molecule has 2 fully saturated rings. The molecule has 6 nitrogen and oxygen atoms in total. The van der Waals surface area contributed by atoms with Gasteiger partial charge in [-0.3, -0.25) is 4.79 Å². The Hall–Kier alpha value is -1.69. The minimum absolute atomic E-state index is 0.0514. The zero-order valence-electron chi connectivity index (χ0n) is 13.4. The first-order chi connectivity index (χ1) is 10.8. The van der Waals surface area contributed by atoms with E-state index in [2.05, 4.69) is 26.7 Å². The van der Waals surface area contributed by atoms with Gasteiger partial charge in [0.15, 0.2) is 0 Å². The molecule has 1 aromatic rings. The Balaban J connectivity index is 1.68. The molecule has 0 saturated carbocycles. The number of carbonyl (C=O) groups is 1. The molecule has 2 aliphatic heterocycles. The van der Waals surface area contributed by atoms with E-state index in [4.69, 9.17) is 0 Å². The summed E-state index contributed by atoms with van der Waals surface area (Å²) >= 11 is 0. The van der Waals surface area contributed by atoms with Crippen LogP contribution in [-0.4, -0.2) is 71.5 Å². The van der Waals surface area contributed by atoms with Gasteiger partial charge in [0.05, 0.1) is 0 Å². The van der Waals surface area contributed by atoms with Crippen LogP contribution in [0.15, 0.2) is 12.4 Å². The summed E-state index contributed by atoms with van der Waals surface area (Å²) in [5.41, 5.74) is 0.532. The van der Waals surface area contributed by atoms with E-state index in [1.54, 1.807) is 0 Å². The van der Waals surface area contributed by atoms with Crippen molar-refractivity contribution in [1.82, 2.24) is 19.8 Å². The van der Waals surface area contributed by atoms with Crippen molar-refractivity contribution >= 4 is 11.7 Å². The number of likely N-dealkylation sites (N-methyl/N-ethyl adjacent to an activating group) is 1. The molecule has 2 saturated heterocycles. The Morgan fingerprint density at radius 1 is 1.05 bits per heavy atom. The Kier molecular flexibility index (Phi) is 4.87. The lowest BCUT2D eigenvalue weighted by Gasteiger charge is -2.34. The monoisotopic (exact) mass is 303 g/mol. The number of likely N-dealkylation sites (tertiary alicyclic amines) is 1. The maximum atomic E-state index is 12.5. The second-order valence-corrected chi connectivity index (χ2v) is 6.04. The minimum atomic E-state index is 0.0514. The first-order valence-corrected chi connectivity index (χ1v) is 8.36. The van der Waals surface area contributed by atoms with Crippen LogP contribution in [0.2, 0.25) is 0 Å². The normalized spacial score (nSPS) is 20.2. The van der Waals surface area contributed by atoms with Crippen LogP contribution in [0.4, 0.5) is 5.82 Å². The largest absolute Gasteiger partial charge is 0.354 e. The molecule has 0 unspecified atom stereocenters. The highest BCUT2D eigenvalue weighted by atomic mass is 16.2. The number of amides is 1. The summed E-state index contributed by atoms with van der Waals surface area (Å²) in [5.74, 6) is 0.932. The molecule has 0 aliphatic carbocycles. The first-order valence-electron chi connectivity index (χ1n) is 8.36. The van der Waals surface area contributed by atoms with Gasteiger partial charge >= 0.3 is 0 Å². The van der Waals surface area contributed by atoms with Crippen molar-refractivity contribution in [2.75, 3.05) is 50.7 Å². The minimum Gasteiger partial charge on any atom is -0.354 e. The zero-order valence-corrected chi connectivity index (χ0v) is 13.4. The van der Waals surface area contributed by atoms with Gasteiger partial charge < -0.3 is 14.7 Å². The third-order valence-corrected chi connectivity index (χ3v) is 4.66. The van der Waals surface area contributed by atoms with Crippen molar-refractivity contribution in [2.24, 2.45) is 0 Å². The molecule has 2 aliphatic rings. The molecule has 22 heavy (non-hydrogen) atoms. The lowest BCUT2D eigenvalue weighted by atomic mass is 10.1. The Morgan fingerprint density at radius 2 is 1.77 bits per heavy atom. The summed E-state index contributed by atoms with van der Waals surface area (Å²) in [6.07, 6.45) is 4.95. The van der Waals surface area contributed by atoms with Crippen molar-refractivity contribution in [3.63, 3.8) is 0 Å². The molecule has 0 atom stereocenters. The fourth-order valence-corrected chi connectivity index (χ4v) is 3.19. The van der Waals surface area contributed by atoms with E-state index in [-0.39, 0.29) is 5.91 Å². The van der Waals surface area contributed by atoms with Gasteiger partial charge in [0.25, 0.3) is 5.91 Å². The topological polar surface area (TPSA) is 52.6 Å². The van der Waals surface area contributed by atoms with Crippen LogP contribution in [0.3, 0.4) is 0 Å².